The normalized spacial score (nSPS) is 10.8. The van der Waals surface area contributed by atoms with Crippen LogP contribution in [0.3, 0.4) is 0 Å². The number of thiophene rings is 1. The molecular weight excluding hydrogens is 284 g/mol. The van der Waals surface area contributed by atoms with Crippen LogP contribution < -0.4 is 10.2 Å². The number of ether oxygens (including phenoxy) is 1. The Morgan fingerprint density at radius 2 is 2.10 bits per heavy atom. The van der Waals surface area contributed by atoms with E-state index in [1.807, 2.05) is 51.1 Å². The summed E-state index contributed by atoms with van der Waals surface area (Å²) in [5.41, 5.74) is 4.64. The molecule has 0 unspecified atom stereocenters. The number of carbonyl (C=O) groups is 1. The van der Waals surface area contributed by atoms with E-state index in [0.29, 0.717) is 0 Å². The molecule has 1 N–H and O–H groups in total. The summed E-state index contributed by atoms with van der Waals surface area (Å²) in [7, 11) is 0. The van der Waals surface area contributed by atoms with Crippen molar-refractivity contribution in [2.45, 2.75) is 20.8 Å². The van der Waals surface area contributed by atoms with Crippen molar-refractivity contribution < 1.29 is 9.53 Å². The first-order valence-electron chi connectivity index (χ1n) is 6.63. The molecule has 2 aromatic rings. The summed E-state index contributed by atoms with van der Waals surface area (Å²) in [5.74, 6) is 0.448. The van der Waals surface area contributed by atoms with Crippen molar-refractivity contribution in [1.82, 2.24) is 5.43 Å². The van der Waals surface area contributed by atoms with E-state index < -0.39 is 0 Å². The lowest BCUT2D eigenvalue weighted by atomic mass is 10.1. The summed E-state index contributed by atoms with van der Waals surface area (Å²) in [6, 6.07) is 9.75. The molecule has 1 aromatic carbocycles. The van der Waals surface area contributed by atoms with Gasteiger partial charge in [0.05, 0.1) is 6.21 Å². The monoisotopic (exact) mass is 302 g/mol. The van der Waals surface area contributed by atoms with Crippen LogP contribution in [0.15, 0.2) is 35.4 Å². The van der Waals surface area contributed by atoms with Gasteiger partial charge in [-0.3, -0.25) is 4.79 Å². The average Bonchev–Trinajstić information content (AvgIpc) is 2.86. The Kier molecular flexibility index (Phi) is 5.11. The first-order chi connectivity index (χ1) is 10.1. The number of rotatable bonds is 5. The second-order valence-corrected chi connectivity index (χ2v) is 6.05. The average molecular weight is 302 g/mol. The Morgan fingerprint density at radius 1 is 1.29 bits per heavy atom. The van der Waals surface area contributed by atoms with E-state index in [1.165, 1.54) is 4.88 Å². The van der Waals surface area contributed by atoms with Gasteiger partial charge in [0.1, 0.15) is 5.75 Å². The fourth-order valence-corrected chi connectivity index (χ4v) is 2.50. The molecule has 1 amide bonds. The lowest BCUT2D eigenvalue weighted by molar-refractivity contribution is -0.123. The highest BCUT2D eigenvalue weighted by Gasteiger charge is 2.05. The lowest BCUT2D eigenvalue weighted by Crippen LogP contribution is -2.24. The highest BCUT2D eigenvalue weighted by atomic mass is 32.1. The Labute approximate surface area is 128 Å². The number of hydrogen-bond acceptors (Lipinski definition) is 4. The molecule has 0 saturated heterocycles. The number of aryl methyl sites for hydroxylation is 2. The second kappa shape index (κ2) is 7.04. The van der Waals surface area contributed by atoms with Gasteiger partial charge in [-0.2, -0.15) is 5.10 Å². The van der Waals surface area contributed by atoms with Crippen LogP contribution in [-0.2, 0) is 4.79 Å². The summed E-state index contributed by atoms with van der Waals surface area (Å²) >= 11 is 1.62. The molecule has 5 heteroatoms. The maximum atomic E-state index is 11.7. The van der Waals surface area contributed by atoms with E-state index in [0.717, 1.165) is 21.8 Å². The van der Waals surface area contributed by atoms with Gasteiger partial charge in [0.15, 0.2) is 6.61 Å². The zero-order chi connectivity index (χ0) is 15.2. The molecule has 0 aliphatic rings. The summed E-state index contributed by atoms with van der Waals surface area (Å²) in [4.78, 5) is 13.9. The number of hydrazone groups is 1. The topological polar surface area (TPSA) is 50.7 Å². The van der Waals surface area contributed by atoms with Gasteiger partial charge in [0.25, 0.3) is 5.91 Å². The summed E-state index contributed by atoms with van der Waals surface area (Å²) < 4.78 is 5.50. The van der Waals surface area contributed by atoms with Crippen LogP contribution in [-0.4, -0.2) is 18.7 Å². The maximum Gasteiger partial charge on any atom is 0.277 e. The van der Waals surface area contributed by atoms with Crippen molar-refractivity contribution in [3.05, 3.63) is 51.2 Å². The van der Waals surface area contributed by atoms with Gasteiger partial charge in [-0.05, 0) is 50.1 Å². The van der Waals surface area contributed by atoms with E-state index in [2.05, 4.69) is 10.5 Å². The third-order valence-corrected chi connectivity index (χ3v) is 3.99. The Hall–Kier alpha value is -2.14. The molecule has 1 heterocycles. The molecule has 0 radical (unpaired) electrons. The van der Waals surface area contributed by atoms with E-state index in [9.17, 15) is 4.79 Å². The maximum absolute atomic E-state index is 11.7. The predicted molar refractivity (Wildman–Crippen MR) is 86.2 cm³/mol. The van der Waals surface area contributed by atoms with Gasteiger partial charge in [-0.15, -0.1) is 11.3 Å². The first-order valence-corrected chi connectivity index (χ1v) is 7.45. The number of hydrogen-bond donors (Lipinski definition) is 1. The van der Waals surface area contributed by atoms with Crippen LogP contribution >= 0.6 is 11.3 Å². The zero-order valence-electron chi connectivity index (χ0n) is 12.3. The largest absolute Gasteiger partial charge is 0.483 e. The number of nitrogens with one attached hydrogen (secondary N) is 1. The minimum atomic E-state index is -0.277. The van der Waals surface area contributed by atoms with Crippen molar-refractivity contribution in [2.75, 3.05) is 6.61 Å². The highest BCUT2D eigenvalue weighted by Crippen LogP contribution is 2.20. The molecule has 0 bridgehead atoms. The van der Waals surface area contributed by atoms with Crippen molar-refractivity contribution in [3.63, 3.8) is 0 Å². The highest BCUT2D eigenvalue weighted by molar-refractivity contribution is 7.13. The van der Waals surface area contributed by atoms with E-state index >= 15 is 0 Å². The minimum Gasteiger partial charge on any atom is -0.483 e. The molecule has 21 heavy (non-hydrogen) atoms. The van der Waals surface area contributed by atoms with E-state index in [-0.39, 0.29) is 12.5 Å². The quantitative estimate of drug-likeness (QED) is 0.681. The Bertz CT molecular complexity index is 662. The van der Waals surface area contributed by atoms with Crippen LogP contribution in [0.25, 0.3) is 0 Å². The van der Waals surface area contributed by atoms with Crippen molar-refractivity contribution in [2.24, 2.45) is 5.10 Å². The minimum absolute atomic E-state index is 0.0505. The number of amides is 1. The lowest BCUT2D eigenvalue weighted by Gasteiger charge is -2.09. The number of benzene rings is 1. The fourth-order valence-electron chi connectivity index (χ4n) is 1.75. The van der Waals surface area contributed by atoms with Gasteiger partial charge in [-0.25, -0.2) is 5.43 Å². The smallest absolute Gasteiger partial charge is 0.277 e. The molecule has 0 atom stereocenters. The van der Waals surface area contributed by atoms with Crippen molar-refractivity contribution in [1.29, 1.82) is 0 Å². The molecule has 0 aliphatic heterocycles. The van der Waals surface area contributed by atoms with Gasteiger partial charge in [-0.1, -0.05) is 12.1 Å². The summed E-state index contributed by atoms with van der Waals surface area (Å²) in [6.07, 6.45) is 1.63. The predicted octanol–water partition coefficient (Wildman–Crippen LogP) is 3.20. The molecule has 0 spiro atoms. The van der Waals surface area contributed by atoms with Crippen LogP contribution in [0.4, 0.5) is 0 Å². The van der Waals surface area contributed by atoms with Crippen molar-refractivity contribution in [3.8, 4) is 5.75 Å². The molecular formula is C16H18N2O2S. The fraction of sp³-hybridized carbons (Fsp3) is 0.250. The van der Waals surface area contributed by atoms with E-state index in [1.54, 1.807) is 17.6 Å². The number of carbonyl (C=O) groups excluding carboxylic acids is 1. The van der Waals surface area contributed by atoms with Gasteiger partial charge < -0.3 is 4.74 Å². The molecule has 0 fully saturated rings. The Morgan fingerprint density at radius 3 is 2.81 bits per heavy atom. The van der Waals surface area contributed by atoms with Crippen LogP contribution in [0.5, 0.6) is 5.75 Å². The third kappa shape index (κ3) is 4.43. The molecule has 2 rings (SSSR count). The SMILES string of the molecule is Cc1ccc(C=NNC(=O)COc2cccc(C)c2C)s1. The molecule has 0 saturated carbocycles. The van der Waals surface area contributed by atoms with Gasteiger partial charge >= 0.3 is 0 Å². The van der Waals surface area contributed by atoms with Gasteiger partial charge in [0, 0.05) is 9.75 Å². The molecule has 1 aromatic heterocycles. The van der Waals surface area contributed by atoms with Crippen LogP contribution in [0.2, 0.25) is 0 Å². The van der Waals surface area contributed by atoms with Gasteiger partial charge in [0.2, 0.25) is 0 Å². The van der Waals surface area contributed by atoms with Crippen molar-refractivity contribution >= 4 is 23.5 Å². The standard InChI is InChI=1S/C16H18N2O2S/c1-11-5-4-6-15(13(11)3)20-10-16(19)18-17-9-14-8-7-12(2)21-14/h4-9H,10H2,1-3H3,(H,18,19). The van der Waals surface area contributed by atoms with Crippen LogP contribution in [0.1, 0.15) is 20.9 Å². The Balaban J connectivity index is 1.82. The zero-order valence-corrected chi connectivity index (χ0v) is 13.2. The molecule has 110 valence electrons. The number of nitrogens with zero attached hydrogens (tertiary/aromatic N) is 1. The summed E-state index contributed by atoms with van der Waals surface area (Å²) in [5, 5.41) is 3.91. The van der Waals surface area contributed by atoms with E-state index in [4.69, 9.17) is 4.74 Å². The molecule has 4 nitrogen and oxygen atoms in total. The first kappa shape index (κ1) is 15.3. The second-order valence-electron chi connectivity index (χ2n) is 4.73. The third-order valence-electron chi connectivity index (χ3n) is 3.06. The van der Waals surface area contributed by atoms with Crippen LogP contribution in [0, 0.1) is 20.8 Å². The summed E-state index contributed by atoms with van der Waals surface area (Å²) in [6.45, 7) is 5.96. The molecule has 0 aliphatic carbocycles.